The summed E-state index contributed by atoms with van der Waals surface area (Å²) >= 11 is 0. The summed E-state index contributed by atoms with van der Waals surface area (Å²) in [5.41, 5.74) is 3.30. The number of rotatable bonds is 6. The Morgan fingerprint density at radius 2 is 1.65 bits per heavy atom. The lowest BCUT2D eigenvalue weighted by Crippen LogP contribution is -2.34. The predicted octanol–water partition coefficient (Wildman–Crippen LogP) is 3.08. The Morgan fingerprint density at radius 3 is 2.35 bits per heavy atom. The third-order valence-corrected chi connectivity index (χ3v) is 3.88. The molecule has 4 heteroatoms. The molecule has 3 rings (SSSR count). The molecule has 0 fully saturated rings. The van der Waals surface area contributed by atoms with Crippen molar-refractivity contribution in [2.24, 2.45) is 5.16 Å². The topological polar surface area (TPSA) is 50.7 Å². The van der Waals surface area contributed by atoms with E-state index in [0.29, 0.717) is 13.0 Å². The standard InChI is InChI=1S/C19H20N2O2/c22-19(20-14-16-9-5-2-6-10-16)18-13-17(21-23-18)12-11-15-7-3-1-4-8-15/h1-10,18H,11-14H2,(H,20,22)/t18-/m1/s1. The summed E-state index contributed by atoms with van der Waals surface area (Å²) < 4.78 is 0. The van der Waals surface area contributed by atoms with Crippen molar-refractivity contribution in [1.29, 1.82) is 0 Å². The monoisotopic (exact) mass is 308 g/mol. The fourth-order valence-corrected chi connectivity index (χ4v) is 2.55. The molecule has 1 amide bonds. The van der Waals surface area contributed by atoms with Crippen LogP contribution in [0.2, 0.25) is 0 Å². The van der Waals surface area contributed by atoms with Crippen LogP contribution in [0.5, 0.6) is 0 Å². The lowest BCUT2D eigenvalue weighted by molar-refractivity contribution is -0.131. The van der Waals surface area contributed by atoms with Gasteiger partial charge in [0.25, 0.3) is 5.91 Å². The highest BCUT2D eigenvalue weighted by Gasteiger charge is 2.27. The quantitative estimate of drug-likeness (QED) is 0.891. The first-order valence-corrected chi connectivity index (χ1v) is 7.88. The smallest absolute Gasteiger partial charge is 0.264 e. The van der Waals surface area contributed by atoms with E-state index >= 15 is 0 Å². The van der Waals surface area contributed by atoms with Crippen LogP contribution in [0.4, 0.5) is 0 Å². The van der Waals surface area contributed by atoms with Crippen molar-refractivity contribution in [3.63, 3.8) is 0 Å². The Morgan fingerprint density at radius 1 is 1.00 bits per heavy atom. The van der Waals surface area contributed by atoms with Gasteiger partial charge in [-0.1, -0.05) is 65.8 Å². The SMILES string of the molecule is O=C(NCc1ccccc1)[C@H]1CC(CCc2ccccc2)=NO1. The number of oxime groups is 1. The molecule has 0 unspecified atom stereocenters. The average Bonchev–Trinajstić information content (AvgIpc) is 3.09. The van der Waals surface area contributed by atoms with Gasteiger partial charge in [0.15, 0.2) is 0 Å². The second-order valence-corrected chi connectivity index (χ2v) is 5.64. The van der Waals surface area contributed by atoms with Crippen LogP contribution in [0.1, 0.15) is 24.0 Å². The van der Waals surface area contributed by atoms with E-state index in [9.17, 15) is 4.79 Å². The molecule has 118 valence electrons. The van der Waals surface area contributed by atoms with Crippen LogP contribution < -0.4 is 5.32 Å². The van der Waals surface area contributed by atoms with Gasteiger partial charge in [-0.3, -0.25) is 4.79 Å². The minimum Gasteiger partial charge on any atom is -0.382 e. The van der Waals surface area contributed by atoms with Crippen molar-refractivity contribution in [3.8, 4) is 0 Å². The van der Waals surface area contributed by atoms with Gasteiger partial charge in [0.2, 0.25) is 6.10 Å². The number of amides is 1. The van der Waals surface area contributed by atoms with Crippen molar-refractivity contribution in [2.75, 3.05) is 0 Å². The first kappa shape index (κ1) is 15.3. The minimum absolute atomic E-state index is 0.104. The zero-order valence-corrected chi connectivity index (χ0v) is 12.9. The molecule has 0 saturated carbocycles. The number of hydrogen-bond donors (Lipinski definition) is 1. The summed E-state index contributed by atoms with van der Waals surface area (Å²) in [5.74, 6) is -0.104. The highest BCUT2D eigenvalue weighted by Crippen LogP contribution is 2.15. The van der Waals surface area contributed by atoms with Crippen molar-refractivity contribution in [3.05, 3.63) is 71.8 Å². The summed E-state index contributed by atoms with van der Waals surface area (Å²) in [6, 6.07) is 20.1. The fraction of sp³-hybridized carbons (Fsp3) is 0.263. The van der Waals surface area contributed by atoms with Crippen LogP contribution in [-0.4, -0.2) is 17.7 Å². The second-order valence-electron chi connectivity index (χ2n) is 5.64. The average molecular weight is 308 g/mol. The number of carbonyl (C=O) groups excluding carboxylic acids is 1. The molecule has 1 atom stereocenters. The van der Waals surface area contributed by atoms with Gasteiger partial charge in [0.05, 0.1) is 5.71 Å². The Labute approximate surface area is 136 Å². The molecule has 1 heterocycles. The Balaban J connectivity index is 1.42. The number of aryl methyl sites for hydroxylation is 1. The Bertz CT molecular complexity index is 668. The van der Waals surface area contributed by atoms with E-state index < -0.39 is 6.10 Å². The highest BCUT2D eigenvalue weighted by atomic mass is 16.6. The Hall–Kier alpha value is -2.62. The van der Waals surface area contributed by atoms with Crippen LogP contribution >= 0.6 is 0 Å². The summed E-state index contributed by atoms with van der Waals surface area (Å²) in [5, 5.41) is 6.96. The predicted molar refractivity (Wildman–Crippen MR) is 90.0 cm³/mol. The molecule has 23 heavy (non-hydrogen) atoms. The summed E-state index contributed by atoms with van der Waals surface area (Å²) in [6.45, 7) is 0.513. The Kier molecular flexibility index (Phi) is 5.04. The lowest BCUT2D eigenvalue weighted by Gasteiger charge is -2.09. The molecule has 4 nitrogen and oxygen atoms in total. The van der Waals surface area contributed by atoms with Crippen molar-refractivity contribution in [1.82, 2.24) is 5.32 Å². The van der Waals surface area contributed by atoms with Gasteiger partial charge in [-0.05, 0) is 24.0 Å². The van der Waals surface area contributed by atoms with Crippen LogP contribution in [0.3, 0.4) is 0 Å². The van der Waals surface area contributed by atoms with E-state index in [1.165, 1.54) is 5.56 Å². The van der Waals surface area contributed by atoms with Gasteiger partial charge in [-0.15, -0.1) is 0 Å². The van der Waals surface area contributed by atoms with E-state index in [-0.39, 0.29) is 5.91 Å². The maximum Gasteiger partial charge on any atom is 0.264 e. The van der Waals surface area contributed by atoms with Gasteiger partial charge in [-0.2, -0.15) is 0 Å². The number of benzene rings is 2. The maximum absolute atomic E-state index is 12.1. The van der Waals surface area contributed by atoms with Crippen LogP contribution in [-0.2, 0) is 22.6 Å². The van der Waals surface area contributed by atoms with E-state index in [4.69, 9.17) is 4.84 Å². The number of carbonyl (C=O) groups is 1. The molecule has 0 bridgehead atoms. The van der Waals surface area contributed by atoms with Crippen molar-refractivity contribution >= 4 is 11.6 Å². The molecule has 0 aliphatic carbocycles. The zero-order chi connectivity index (χ0) is 15.9. The molecule has 1 aliphatic rings. The minimum atomic E-state index is -0.496. The lowest BCUT2D eigenvalue weighted by atomic mass is 10.0. The molecule has 0 saturated heterocycles. The molecule has 2 aromatic carbocycles. The first-order chi connectivity index (χ1) is 11.3. The first-order valence-electron chi connectivity index (χ1n) is 7.88. The molecule has 2 aromatic rings. The summed E-state index contributed by atoms with van der Waals surface area (Å²) in [4.78, 5) is 17.4. The van der Waals surface area contributed by atoms with E-state index in [2.05, 4.69) is 22.6 Å². The van der Waals surface area contributed by atoms with Crippen molar-refractivity contribution < 1.29 is 9.63 Å². The van der Waals surface area contributed by atoms with E-state index in [1.807, 2.05) is 48.5 Å². The van der Waals surface area contributed by atoms with Gasteiger partial charge in [0, 0.05) is 13.0 Å². The molecule has 1 aliphatic heterocycles. The third kappa shape index (κ3) is 4.42. The van der Waals surface area contributed by atoms with Crippen LogP contribution in [0, 0.1) is 0 Å². The van der Waals surface area contributed by atoms with Gasteiger partial charge >= 0.3 is 0 Å². The number of nitrogens with one attached hydrogen (secondary N) is 1. The van der Waals surface area contributed by atoms with Crippen molar-refractivity contribution in [2.45, 2.75) is 31.9 Å². The van der Waals surface area contributed by atoms with Gasteiger partial charge in [-0.25, -0.2) is 0 Å². The van der Waals surface area contributed by atoms with Gasteiger partial charge < -0.3 is 10.2 Å². The number of hydrogen-bond acceptors (Lipinski definition) is 3. The summed E-state index contributed by atoms with van der Waals surface area (Å²) in [6.07, 6.45) is 1.82. The highest BCUT2D eigenvalue weighted by molar-refractivity contribution is 5.92. The fourth-order valence-electron chi connectivity index (χ4n) is 2.55. The largest absolute Gasteiger partial charge is 0.382 e. The maximum atomic E-state index is 12.1. The molecular formula is C19H20N2O2. The van der Waals surface area contributed by atoms with E-state index in [0.717, 1.165) is 24.1 Å². The van der Waals surface area contributed by atoms with Crippen LogP contribution in [0.25, 0.3) is 0 Å². The molecule has 0 aromatic heterocycles. The van der Waals surface area contributed by atoms with Gasteiger partial charge in [0.1, 0.15) is 0 Å². The molecule has 0 radical (unpaired) electrons. The third-order valence-electron chi connectivity index (χ3n) is 3.88. The normalized spacial score (nSPS) is 16.5. The van der Waals surface area contributed by atoms with E-state index in [1.54, 1.807) is 0 Å². The summed E-state index contributed by atoms with van der Waals surface area (Å²) in [7, 11) is 0. The molecule has 1 N–H and O–H groups in total. The zero-order valence-electron chi connectivity index (χ0n) is 12.9. The van der Waals surface area contributed by atoms with Crippen LogP contribution in [0.15, 0.2) is 65.8 Å². The second kappa shape index (κ2) is 7.58. The molecule has 0 spiro atoms. The number of nitrogens with zero attached hydrogens (tertiary/aromatic N) is 1. The molecular weight excluding hydrogens is 288 g/mol.